The van der Waals surface area contributed by atoms with Crippen molar-refractivity contribution in [3.63, 3.8) is 0 Å². The maximum absolute atomic E-state index is 12.0. The molecule has 0 bridgehead atoms. The minimum absolute atomic E-state index is 0.101. The lowest BCUT2D eigenvalue weighted by atomic mass is 9.47. The van der Waals surface area contributed by atoms with Gasteiger partial charge in [0.05, 0.1) is 12.7 Å². The van der Waals surface area contributed by atoms with E-state index in [1.165, 1.54) is 37.7 Å². The summed E-state index contributed by atoms with van der Waals surface area (Å²) in [5.41, 5.74) is 1.48. The molecule has 0 aromatic heterocycles. The minimum atomic E-state index is -1.53. The lowest BCUT2D eigenvalue weighted by molar-refractivity contribution is -0.119. The predicted octanol–water partition coefficient (Wildman–Crippen LogP) is 4.71. The van der Waals surface area contributed by atoms with Crippen molar-refractivity contribution in [2.24, 2.45) is 28.6 Å². The van der Waals surface area contributed by atoms with E-state index in [0.717, 1.165) is 18.8 Å². The Kier molecular flexibility index (Phi) is 4.56. The van der Waals surface area contributed by atoms with Gasteiger partial charge in [-0.1, -0.05) is 12.5 Å². The number of carbonyl (C=O) groups is 1. The van der Waals surface area contributed by atoms with E-state index in [2.05, 4.69) is 26.6 Å². The monoisotopic (exact) mass is 376 g/mol. The summed E-state index contributed by atoms with van der Waals surface area (Å²) >= 11 is 0. The van der Waals surface area contributed by atoms with Crippen molar-refractivity contribution in [2.45, 2.75) is 84.0 Å². The maximum atomic E-state index is 12.0. The van der Waals surface area contributed by atoms with Crippen LogP contribution < -0.4 is 0 Å². The van der Waals surface area contributed by atoms with Crippen LogP contribution in [0.4, 0.5) is 0 Å². The van der Waals surface area contributed by atoms with Crippen LogP contribution in [-0.4, -0.2) is 31.9 Å². The molecular weight excluding hydrogens is 340 g/mol. The number of fused-ring (bicyclic) bond motifs is 5. The van der Waals surface area contributed by atoms with Crippen LogP contribution >= 0.6 is 0 Å². The summed E-state index contributed by atoms with van der Waals surface area (Å²) < 4.78 is 6.66. The first-order valence-electron chi connectivity index (χ1n) is 10.7. The van der Waals surface area contributed by atoms with Crippen LogP contribution in [0.2, 0.25) is 19.6 Å². The van der Waals surface area contributed by atoms with Crippen molar-refractivity contribution in [2.75, 3.05) is 6.61 Å². The summed E-state index contributed by atoms with van der Waals surface area (Å²) in [6.45, 7) is 9.66. The highest BCUT2D eigenvalue weighted by Crippen LogP contribution is 2.65. The van der Waals surface area contributed by atoms with Gasteiger partial charge >= 0.3 is 0 Å². The zero-order valence-corrected chi connectivity index (χ0v) is 18.0. The van der Waals surface area contributed by atoms with Crippen LogP contribution in [0.1, 0.15) is 58.3 Å². The largest absolute Gasteiger partial charge is 0.414 e. The summed E-state index contributed by atoms with van der Waals surface area (Å²) in [6, 6.07) is 0. The minimum Gasteiger partial charge on any atom is -0.414 e. The van der Waals surface area contributed by atoms with Crippen LogP contribution in [0, 0.1) is 28.6 Å². The highest BCUT2D eigenvalue weighted by molar-refractivity contribution is 6.69. The first-order chi connectivity index (χ1) is 12.2. The van der Waals surface area contributed by atoms with Crippen LogP contribution in [0.3, 0.4) is 0 Å². The fourth-order valence-electron chi connectivity index (χ4n) is 7.23. The SMILES string of the molecule is C[C@]12CC[C@@H]3[C@@H](CCC4=CC(=O)CC[C@@]43CO)[C@@H]1CCC2O[Si](C)(C)C. The Morgan fingerprint density at radius 2 is 1.88 bits per heavy atom. The Morgan fingerprint density at radius 3 is 2.58 bits per heavy atom. The van der Waals surface area contributed by atoms with Crippen molar-refractivity contribution >= 4 is 14.1 Å². The molecule has 4 heteroatoms. The van der Waals surface area contributed by atoms with Gasteiger partial charge in [-0.3, -0.25) is 4.79 Å². The van der Waals surface area contributed by atoms with E-state index in [9.17, 15) is 9.90 Å². The zero-order chi connectivity index (χ0) is 18.7. The maximum Gasteiger partial charge on any atom is 0.184 e. The van der Waals surface area contributed by atoms with Crippen LogP contribution in [0.15, 0.2) is 11.6 Å². The van der Waals surface area contributed by atoms with Crippen LogP contribution in [0.5, 0.6) is 0 Å². The molecule has 1 unspecified atom stereocenters. The molecule has 3 saturated carbocycles. The van der Waals surface area contributed by atoms with Crippen LogP contribution in [0.25, 0.3) is 0 Å². The van der Waals surface area contributed by atoms with Gasteiger partial charge in [0.2, 0.25) is 0 Å². The number of carbonyl (C=O) groups excluding carboxylic acids is 1. The average Bonchev–Trinajstić information content (AvgIpc) is 2.89. The van der Waals surface area contributed by atoms with E-state index in [1.54, 1.807) is 0 Å². The lowest BCUT2D eigenvalue weighted by Gasteiger charge is -2.58. The first kappa shape index (κ1) is 18.9. The smallest absolute Gasteiger partial charge is 0.184 e. The standard InChI is InChI=1S/C22H36O3Si/c1-21-11-10-19-17(18(21)7-8-20(21)25-26(2,3)4)6-5-15-13-16(24)9-12-22(15,19)14-23/h13,17-20,23H,5-12,14H2,1-4H3/t17-,18-,19+,20?,21-,22+/m0/s1. The lowest BCUT2D eigenvalue weighted by Crippen LogP contribution is -2.54. The van der Waals surface area contributed by atoms with Gasteiger partial charge in [-0.2, -0.15) is 0 Å². The Bertz CT molecular complexity index is 621. The number of rotatable bonds is 3. The van der Waals surface area contributed by atoms with E-state index < -0.39 is 8.32 Å². The zero-order valence-electron chi connectivity index (χ0n) is 17.0. The molecule has 146 valence electrons. The molecule has 0 aromatic carbocycles. The second-order valence-corrected chi connectivity index (χ2v) is 15.2. The van der Waals surface area contributed by atoms with Gasteiger partial charge in [-0.15, -0.1) is 0 Å². The Hall–Kier alpha value is -0.453. The number of hydrogen-bond donors (Lipinski definition) is 1. The average molecular weight is 377 g/mol. The Morgan fingerprint density at radius 1 is 1.12 bits per heavy atom. The van der Waals surface area contributed by atoms with Gasteiger partial charge < -0.3 is 9.53 Å². The van der Waals surface area contributed by atoms with Gasteiger partial charge in [-0.05, 0) is 93.8 Å². The molecule has 4 aliphatic rings. The van der Waals surface area contributed by atoms with E-state index in [4.69, 9.17) is 4.43 Å². The summed E-state index contributed by atoms with van der Waals surface area (Å²) in [5.74, 6) is 2.25. The molecule has 0 aliphatic heterocycles. The van der Waals surface area contributed by atoms with Gasteiger partial charge in [-0.25, -0.2) is 0 Å². The third-order valence-corrected chi connectivity index (χ3v) is 9.37. The summed E-state index contributed by atoms with van der Waals surface area (Å²) in [5, 5.41) is 10.4. The number of aliphatic hydroxyl groups is 1. The van der Waals surface area contributed by atoms with Crippen molar-refractivity contribution in [1.29, 1.82) is 0 Å². The van der Waals surface area contributed by atoms with Gasteiger partial charge in [0.15, 0.2) is 14.1 Å². The van der Waals surface area contributed by atoms with Crippen molar-refractivity contribution in [3.05, 3.63) is 11.6 Å². The molecule has 0 spiro atoms. The first-order valence-corrected chi connectivity index (χ1v) is 14.1. The molecule has 0 heterocycles. The van der Waals surface area contributed by atoms with Gasteiger partial charge in [0.25, 0.3) is 0 Å². The second-order valence-electron chi connectivity index (χ2n) is 10.7. The molecule has 0 amide bonds. The normalized spacial score (nSPS) is 45.6. The summed E-state index contributed by atoms with van der Waals surface area (Å²) in [7, 11) is -1.53. The third kappa shape index (κ3) is 2.79. The molecule has 6 atom stereocenters. The highest BCUT2D eigenvalue weighted by atomic mass is 28.4. The highest BCUT2D eigenvalue weighted by Gasteiger charge is 2.60. The number of hydrogen-bond acceptors (Lipinski definition) is 3. The van der Waals surface area contributed by atoms with E-state index in [1.807, 2.05) is 6.08 Å². The quantitative estimate of drug-likeness (QED) is 0.726. The van der Waals surface area contributed by atoms with Crippen molar-refractivity contribution < 1.29 is 14.3 Å². The summed E-state index contributed by atoms with van der Waals surface area (Å²) in [4.78, 5) is 12.0. The fraction of sp³-hybridized carbons (Fsp3) is 0.864. The molecular formula is C22H36O3Si. The molecule has 4 rings (SSSR count). The Balaban J connectivity index is 1.63. The van der Waals surface area contributed by atoms with E-state index in [-0.39, 0.29) is 17.8 Å². The number of aliphatic hydroxyl groups excluding tert-OH is 1. The number of ketones is 1. The van der Waals surface area contributed by atoms with Crippen molar-refractivity contribution in [3.8, 4) is 0 Å². The molecule has 0 radical (unpaired) electrons. The van der Waals surface area contributed by atoms with Crippen molar-refractivity contribution in [1.82, 2.24) is 0 Å². The van der Waals surface area contributed by atoms with E-state index >= 15 is 0 Å². The second kappa shape index (κ2) is 6.28. The van der Waals surface area contributed by atoms with E-state index in [0.29, 0.717) is 29.8 Å². The van der Waals surface area contributed by atoms with Gasteiger partial charge in [0, 0.05) is 11.8 Å². The molecule has 1 N–H and O–H groups in total. The molecule has 26 heavy (non-hydrogen) atoms. The third-order valence-electron chi connectivity index (χ3n) is 8.38. The van der Waals surface area contributed by atoms with Crippen LogP contribution in [-0.2, 0) is 9.22 Å². The van der Waals surface area contributed by atoms with Gasteiger partial charge in [0.1, 0.15) is 0 Å². The fourth-order valence-corrected chi connectivity index (χ4v) is 8.47. The molecule has 3 fully saturated rings. The summed E-state index contributed by atoms with van der Waals surface area (Å²) in [6.07, 6.45) is 10.9. The molecule has 0 saturated heterocycles. The topological polar surface area (TPSA) is 46.5 Å². The predicted molar refractivity (Wildman–Crippen MR) is 106 cm³/mol. The Labute approximate surface area is 159 Å². The molecule has 3 nitrogen and oxygen atoms in total. The molecule has 4 aliphatic carbocycles. The molecule has 0 aromatic rings.